The monoisotopic (exact) mass is 222 g/mol. The molecule has 88 valence electrons. The first kappa shape index (κ1) is 11.0. The number of aromatic amines is 1. The fourth-order valence-electron chi connectivity index (χ4n) is 1.94. The quantitative estimate of drug-likeness (QED) is 0.845. The molecule has 0 aliphatic carbocycles. The summed E-state index contributed by atoms with van der Waals surface area (Å²) in [5.74, 6) is 1.78. The molecule has 1 aromatic rings. The predicted octanol–water partition coefficient (Wildman–Crippen LogP) is 1.62. The summed E-state index contributed by atoms with van der Waals surface area (Å²) in [6, 6.07) is 0.0537. The summed E-state index contributed by atoms with van der Waals surface area (Å²) in [6.07, 6.45) is 4.74. The highest BCUT2D eigenvalue weighted by Gasteiger charge is 2.25. The molecule has 2 amide bonds. The average Bonchev–Trinajstić information content (AvgIpc) is 2.71. The van der Waals surface area contributed by atoms with E-state index in [0.29, 0.717) is 0 Å². The number of H-pyrrole nitrogens is 1. The molecule has 1 N–H and O–H groups in total. The lowest BCUT2D eigenvalue weighted by molar-refractivity contribution is 0.207. The maximum absolute atomic E-state index is 11.9. The first-order chi connectivity index (χ1) is 7.72. The van der Waals surface area contributed by atoms with Gasteiger partial charge >= 0.3 is 6.03 Å². The number of hydrogen-bond acceptors (Lipinski definition) is 2. The third-order valence-electron chi connectivity index (χ3n) is 2.83. The molecular formula is C11H18N4O. The molecule has 0 saturated carbocycles. The Kier molecular flexibility index (Phi) is 3.12. The number of aromatic nitrogens is 2. The molecule has 1 aromatic heterocycles. The standard InChI is InChI=1S/C11H18N4O/c1-3-5-9-12-8-10(13-9)15-7-4-6-14(2)11(15)16/h8H,3-7H2,1-2H3,(H,12,13). The Morgan fingerprint density at radius 2 is 2.31 bits per heavy atom. The number of amides is 2. The number of aryl methyl sites for hydroxylation is 1. The van der Waals surface area contributed by atoms with E-state index in [-0.39, 0.29) is 6.03 Å². The normalized spacial score (nSPS) is 17.0. The van der Waals surface area contributed by atoms with Crippen molar-refractivity contribution in [3.8, 4) is 0 Å². The van der Waals surface area contributed by atoms with Crippen molar-refractivity contribution in [2.45, 2.75) is 26.2 Å². The third-order valence-corrected chi connectivity index (χ3v) is 2.83. The summed E-state index contributed by atoms with van der Waals surface area (Å²) < 4.78 is 0. The molecule has 0 aromatic carbocycles. The van der Waals surface area contributed by atoms with Crippen LogP contribution in [-0.2, 0) is 6.42 Å². The SMILES string of the molecule is CCCc1ncc(N2CCCN(C)C2=O)[nH]1. The lowest BCUT2D eigenvalue weighted by atomic mass is 10.3. The van der Waals surface area contributed by atoms with E-state index < -0.39 is 0 Å². The molecule has 2 rings (SSSR count). The number of nitrogens with zero attached hydrogens (tertiary/aromatic N) is 3. The fraction of sp³-hybridized carbons (Fsp3) is 0.636. The molecule has 5 nitrogen and oxygen atoms in total. The van der Waals surface area contributed by atoms with Crippen LogP contribution in [0.3, 0.4) is 0 Å². The van der Waals surface area contributed by atoms with Gasteiger partial charge in [-0.2, -0.15) is 0 Å². The van der Waals surface area contributed by atoms with Crippen molar-refractivity contribution >= 4 is 11.8 Å². The smallest absolute Gasteiger partial charge is 0.325 e. The Labute approximate surface area is 95.5 Å². The van der Waals surface area contributed by atoms with Gasteiger partial charge in [0.05, 0.1) is 6.20 Å². The molecule has 16 heavy (non-hydrogen) atoms. The maximum atomic E-state index is 11.9. The average molecular weight is 222 g/mol. The summed E-state index contributed by atoms with van der Waals surface area (Å²) in [7, 11) is 1.83. The van der Waals surface area contributed by atoms with E-state index in [1.165, 1.54) is 0 Å². The van der Waals surface area contributed by atoms with Crippen LogP contribution in [-0.4, -0.2) is 41.0 Å². The van der Waals surface area contributed by atoms with Crippen LogP contribution in [0.4, 0.5) is 10.6 Å². The van der Waals surface area contributed by atoms with E-state index >= 15 is 0 Å². The van der Waals surface area contributed by atoms with Gasteiger partial charge in [0.15, 0.2) is 0 Å². The van der Waals surface area contributed by atoms with Crippen LogP contribution in [0.15, 0.2) is 6.20 Å². The van der Waals surface area contributed by atoms with Crippen LogP contribution >= 0.6 is 0 Å². The zero-order valence-electron chi connectivity index (χ0n) is 9.86. The van der Waals surface area contributed by atoms with Gasteiger partial charge in [-0.25, -0.2) is 9.78 Å². The second kappa shape index (κ2) is 4.55. The number of hydrogen-bond donors (Lipinski definition) is 1. The highest BCUT2D eigenvalue weighted by atomic mass is 16.2. The Morgan fingerprint density at radius 1 is 1.50 bits per heavy atom. The lowest BCUT2D eigenvalue weighted by Crippen LogP contribution is -2.47. The van der Waals surface area contributed by atoms with Crippen molar-refractivity contribution in [2.75, 3.05) is 25.0 Å². The molecule has 2 heterocycles. The Bertz CT molecular complexity index is 374. The van der Waals surface area contributed by atoms with Gasteiger partial charge < -0.3 is 9.88 Å². The molecule has 0 bridgehead atoms. The van der Waals surface area contributed by atoms with Crippen molar-refractivity contribution in [2.24, 2.45) is 0 Å². The van der Waals surface area contributed by atoms with E-state index in [1.807, 2.05) is 7.05 Å². The molecule has 1 fully saturated rings. The van der Waals surface area contributed by atoms with Gasteiger partial charge in [-0.1, -0.05) is 6.92 Å². The molecule has 1 aliphatic rings. The van der Waals surface area contributed by atoms with Gasteiger partial charge in [-0.15, -0.1) is 0 Å². The Morgan fingerprint density at radius 3 is 3.06 bits per heavy atom. The summed E-state index contributed by atoms with van der Waals surface area (Å²) in [6.45, 7) is 3.73. The maximum Gasteiger partial charge on any atom is 0.325 e. The number of carbonyl (C=O) groups excluding carboxylic acids is 1. The zero-order chi connectivity index (χ0) is 11.5. The first-order valence-corrected chi connectivity index (χ1v) is 5.79. The molecule has 0 atom stereocenters. The van der Waals surface area contributed by atoms with Crippen LogP contribution in [0.1, 0.15) is 25.6 Å². The summed E-state index contributed by atoms with van der Waals surface area (Å²) in [5.41, 5.74) is 0. The fourth-order valence-corrected chi connectivity index (χ4v) is 1.94. The topological polar surface area (TPSA) is 52.2 Å². The Balaban J connectivity index is 2.13. The minimum atomic E-state index is 0.0537. The zero-order valence-corrected chi connectivity index (χ0v) is 9.86. The van der Waals surface area contributed by atoms with Gasteiger partial charge in [-0.05, 0) is 12.8 Å². The van der Waals surface area contributed by atoms with Crippen molar-refractivity contribution in [3.05, 3.63) is 12.0 Å². The molecule has 1 aliphatic heterocycles. The predicted molar refractivity (Wildman–Crippen MR) is 62.6 cm³/mol. The van der Waals surface area contributed by atoms with Crippen LogP contribution in [0.25, 0.3) is 0 Å². The van der Waals surface area contributed by atoms with E-state index in [9.17, 15) is 4.79 Å². The summed E-state index contributed by atoms with van der Waals surface area (Å²) in [5, 5.41) is 0. The second-order valence-electron chi connectivity index (χ2n) is 4.17. The second-order valence-corrected chi connectivity index (χ2v) is 4.17. The van der Waals surface area contributed by atoms with Crippen LogP contribution in [0, 0.1) is 0 Å². The van der Waals surface area contributed by atoms with Crippen molar-refractivity contribution < 1.29 is 4.79 Å². The molecule has 1 saturated heterocycles. The van der Waals surface area contributed by atoms with Crippen molar-refractivity contribution in [1.82, 2.24) is 14.9 Å². The summed E-state index contributed by atoms with van der Waals surface area (Å²) in [4.78, 5) is 22.9. The minimum Gasteiger partial charge on any atom is -0.328 e. The first-order valence-electron chi connectivity index (χ1n) is 5.79. The van der Waals surface area contributed by atoms with E-state index in [2.05, 4.69) is 16.9 Å². The van der Waals surface area contributed by atoms with Crippen LogP contribution in [0.5, 0.6) is 0 Å². The number of nitrogens with one attached hydrogen (secondary N) is 1. The van der Waals surface area contributed by atoms with Crippen molar-refractivity contribution in [3.63, 3.8) is 0 Å². The van der Waals surface area contributed by atoms with Crippen LogP contribution in [0.2, 0.25) is 0 Å². The van der Waals surface area contributed by atoms with E-state index in [1.54, 1.807) is 16.0 Å². The van der Waals surface area contributed by atoms with E-state index in [0.717, 1.165) is 44.0 Å². The largest absolute Gasteiger partial charge is 0.328 e. The lowest BCUT2D eigenvalue weighted by Gasteiger charge is -2.32. The van der Waals surface area contributed by atoms with E-state index in [4.69, 9.17) is 0 Å². The molecule has 0 unspecified atom stereocenters. The number of anilines is 1. The van der Waals surface area contributed by atoms with Gasteiger partial charge in [0.1, 0.15) is 11.6 Å². The van der Waals surface area contributed by atoms with Gasteiger partial charge in [-0.3, -0.25) is 4.90 Å². The number of imidazole rings is 1. The van der Waals surface area contributed by atoms with Gasteiger partial charge in [0.2, 0.25) is 0 Å². The van der Waals surface area contributed by atoms with Crippen molar-refractivity contribution in [1.29, 1.82) is 0 Å². The molecular weight excluding hydrogens is 204 g/mol. The summed E-state index contributed by atoms with van der Waals surface area (Å²) >= 11 is 0. The molecule has 0 radical (unpaired) electrons. The number of carbonyl (C=O) groups is 1. The minimum absolute atomic E-state index is 0.0537. The highest BCUT2D eigenvalue weighted by Crippen LogP contribution is 2.17. The number of urea groups is 1. The Hall–Kier alpha value is -1.52. The van der Waals surface area contributed by atoms with Gasteiger partial charge in [0, 0.05) is 26.6 Å². The van der Waals surface area contributed by atoms with Gasteiger partial charge in [0.25, 0.3) is 0 Å². The third kappa shape index (κ3) is 2.03. The number of rotatable bonds is 3. The molecule has 5 heteroatoms. The molecule has 0 spiro atoms. The van der Waals surface area contributed by atoms with Crippen LogP contribution < -0.4 is 4.90 Å². The highest BCUT2D eigenvalue weighted by molar-refractivity contribution is 5.91.